The molecule has 0 spiro atoms. The van der Waals surface area contributed by atoms with Crippen molar-refractivity contribution in [2.24, 2.45) is 5.92 Å². The van der Waals surface area contributed by atoms with Gasteiger partial charge >= 0.3 is 0 Å². The monoisotopic (exact) mass is 285 g/mol. The Morgan fingerprint density at radius 1 is 1.52 bits per heavy atom. The van der Waals surface area contributed by atoms with Gasteiger partial charge in [0.25, 0.3) is 0 Å². The average Bonchev–Trinajstić information content (AvgIpc) is 3.00. The molecule has 1 aliphatic carbocycles. The molecule has 1 aromatic heterocycles. The van der Waals surface area contributed by atoms with Crippen LogP contribution in [-0.4, -0.2) is 23.0 Å². The fraction of sp³-hybridized carbons (Fsp3) is 0.375. The van der Waals surface area contributed by atoms with Gasteiger partial charge in [0.1, 0.15) is 5.75 Å². The van der Waals surface area contributed by atoms with Crippen LogP contribution in [0, 0.1) is 5.92 Å². The molecule has 0 bridgehead atoms. The summed E-state index contributed by atoms with van der Waals surface area (Å²) < 4.78 is 5.18. The zero-order valence-corrected chi connectivity index (χ0v) is 12.1. The molecule has 1 heterocycles. The van der Waals surface area contributed by atoms with Gasteiger partial charge in [0.2, 0.25) is 5.91 Å². The van der Waals surface area contributed by atoms with Gasteiger partial charge in [0.15, 0.2) is 0 Å². The van der Waals surface area contributed by atoms with Crippen LogP contribution in [0.5, 0.6) is 5.75 Å². The van der Waals surface area contributed by atoms with Crippen molar-refractivity contribution < 1.29 is 9.53 Å². The van der Waals surface area contributed by atoms with Crippen molar-refractivity contribution in [3.05, 3.63) is 47.5 Å². The second-order valence-corrected chi connectivity index (χ2v) is 5.34. The van der Waals surface area contributed by atoms with E-state index in [1.807, 2.05) is 24.3 Å². The maximum atomic E-state index is 12.3. The number of carbonyl (C=O) groups excluding carboxylic acids is 1. The summed E-state index contributed by atoms with van der Waals surface area (Å²) in [6.45, 7) is 0.530. The topological polar surface area (TPSA) is 67.0 Å². The van der Waals surface area contributed by atoms with Gasteiger partial charge < -0.3 is 15.0 Å². The highest BCUT2D eigenvalue weighted by molar-refractivity contribution is 5.79. The Bertz CT molecular complexity index is 636. The Morgan fingerprint density at radius 2 is 2.43 bits per heavy atom. The first-order valence-electron chi connectivity index (χ1n) is 7.18. The number of aryl methyl sites for hydroxylation is 1. The van der Waals surface area contributed by atoms with Crippen LogP contribution in [0.3, 0.4) is 0 Å². The first-order chi connectivity index (χ1) is 10.3. The van der Waals surface area contributed by atoms with E-state index in [4.69, 9.17) is 4.74 Å². The number of fused-ring (bicyclic) bond motifs is 1. The van der Waals surface area contributed by atoms with Gasteiger partial charge in [-0.2, -0.15) is 0 Å². The van der Waals surface area contributed by atoms with E-state index in [1.165, 1.54) is 0 Å². The summed E-state index contributed by atoms with van der Waals surface area (Å²) in [7, 11) is 1.64. The number of rotatable bonds is 4. The van der Waals surface area contributed by atoms with E-state index in [1.54, 1.807) is 13.4 Å². The molecule has 0 radical (unpaired) electrons. The van der Waals surface area contributed by atoms with Crippen LogP contribution in [0.15, 0.2) is 30.6 Å². The first-order valence-corrected chi connectivity index (χ1v) is 7.18. The van der Waals surface area contributed by atoms with Gasteiger partial charge in [-0.3, -0.25) is 4.79 Å². The van der Waals surface area contributed by atoms with Gasteiger partial charge in [-0.15, -0.1) is 0 Å². The Labute approximate surface area is 123 Å². The second-order valence-electron chi connectivity index (χ2n) is 5.34. The number of hydrogen-bond acceptors (Lipinski definition) is 3. The van der Waals surface area contributed by atoms with Gasteiger partial charge in [-0.25, -0.2) is 4.98 Å². The van der Waals surface area contributed by atoms with Crippen molar-refractivity contribution in [2.45, 2.75) is 25.8 Å². The van der Waals surface area contributed by atoms with E-state index >= 15 is 0 Å². The van der Waals surface area contributed by atoms with Crippen molar-refractivity contribution >= 4 is 5.91 Å². The minimum Gasteiger partial charge on any atom is -0.497 e. The second kappa shape index (κ2) is 5.99. The minimum absolute atomic E-state index is 0.0311. The lowest BCUT2D eigenvalue weighted by Gasteiger charge is -2.20. The molecule has 0 fully saturated rings. The van der Waals surface area contributed by atoms with Crippen molar-refractivity contribution in [1.29, 1.82) is 0 Å². The van der Waals surface area contributed by atoms with Crippen LogP contribution in [0.4, 0.5) is 0 Å². The Balaban J connectivity index is 1.57. The zero-order chi connectivity index (χ0) is 14.7. The number of carbonyl (C=O) groups is 1. The van der Waals surface area contributed by atoms with E-state index in [0.29, 0.717) is 6.54 Å². The Hall–Kier alpha value is -2.30. The van der Waals surface area contributed by atoms with E-state index in [2.05, 4.69) is 15.3 Å². The lowest BCUT2D eigenvalue weighted by atomic mass is 9.89. The maximum Gasteiger partial charge on any atom is 0.223 e. The number of ether oxygens (including phenoxy) is 1. The summed E-state index contributed by atoms with van der Waals surface area (Å²) >= 11 is 0. The van der Waals surface area contributed by atoms with Crippen LogP contribution in [-0.2, 0) is 24.2 Å². The summed E-state index contributed by atoms with van der Waals surface area (Å²) in [4.78, 5) is 19.7. The van der Waals surface area contributed by atoms with Crippen LogP contribution >= 0.6 is 0 Å². The maximum absolute atomic E-state index is 12.3. The number of H-pyrrole nitrogens is 1. The molecule has 2 N–H and O–H groups in total. The van der Waals surface area contributed by atoms with Crippen LogP contribution in [0.1, 0.15) is 23.4 Å². The molecular weight excluding hydrogens is 266 g/mol. The standard InChI is InChI=1S/C16H19N3O2/c1-21-13-4-2-3-11(7-13)9-17-16(20)12-5-6-14-15(8-12)19-10-18-14/h2-4,7,10,12H,5-6,8-9H2,1H3,(H,17,20)(H,18,19). The molecule has 3 rings (SSSR count). The lowest BCUT2D eigenvalue weighted by molar-refractivity contribution is -0.125. The van der Waals surface area contributed by atoms with Crippen LogP contribution in [0.25, 0.3) is 0 Å². The first kappa shape index (κ1) is 13.7. The molecular formula is C16H19N3O2. The number of imidazole rings is 1. The molecule has 1 unspecified atom stereocenters. The van der Waals surface area contributed by atoms with Gasteiger partial charge in [-0.1, -0.05) is 12.1 Å². The van der Waals surface area contributed by atoms with Crippen molar-refractivity contribution in [3.8, 4) is 5.75 Å². The van der Waals surface area contributed by atoms with Crippen molar-refractivity contribution in [2.75, 3.05) is 7.11 Å². The third kappa shape index (κ3) is 3.07. The Morgan fingerprint density at radius 3 is 3.29 bits per heavy atom. The lowest BCUT2D eigenvalue weighted by Crippen LogP contribution is -2.33. The predicted octanol–water partition coefficient (Wildman–Crippen LogP) is 1.84. The molecule has 1 aromatic carbocycles. The SMILES string of the molecule is COc1cccc(CNC(=O)C2CCc3nc[nH]c3C2)c1. The fourth-order valence-electron chi connectivity index (χ4n) is 2.74. The highest BCUT2D eigenvalue weighted by Gasteiger charge is 2.25. The smallest absolute Gasteiger partial charge is 0.223 e. The highest BCUT2D eigenvalue weighted by atomic mass is 16.5. The molecule has 5 nitrogen and oxygen atoms in total. The number of amides is 1. The van der Waals surface area contributed by atoms with E-state index < -0.39 is 0 Å². The van der Waals surface area contributed by atoms with E-state index in [0.717, 1.165) is 42.0 Å². The molecule has 1 amide bonds. The van der Waals surface area contributed by atoms with Crippen molar-refractivity contribution in [3.63, 3.8) is 0 Å². The largest absolute Gasteiger partial charge is 0.497 e. The quantitative estimate of drug-likeness (QED) is 0.900. The number of aromatic nitrogens is 2. The Kier molecular flexibility index (Phi) is 3.90. The summed E-state index contributed by atoms with van der Waals surface area (Å²) in [5.74, 6) is 0.947. The number of methoxy groups -OCH3 is 1. The molecule has 110 valence electrons. The third-order valence-corrected chi connectivity index (χ3v) is 3.96. The van der Waals surface area contributed by atoms with E-state index in [9.17, 15) is 4.79 Å². The number of aromatic amines is 1. The normalized spacial score (nSPS) is 17.1. The average molecular weight is 285 g/mol. The van der Waals surface area contributed by atoms with E-state index in [-0.39, 0.29) is 11.8 Å². The van der Waals surface area contributed by atoms with Gasteiger partial charge in [-0.05, 0) is 30.5 Å². The summed E-state index contributed by atoms with van der Waals surface area (Å²) in [6, 6.07) is 7.74. The molecule has 0 aliphatic heterocycles. The summed E-state index contributed by atoms with van der Waals surface area (Å²) in [6.07, 6.45) is 4.19. The highest BCUT2D eigenvalue weighted by Crippen LogP contribution is 2.23. The molecule has 2 aromatic rings. The number of nitrogens with zero attached hydrogens (tertiary/aromatic N) is 1. The molecule has 1 atom stereocenters. The van der Waals surface area contributed by atoms with Gasteiger partial charge in [0, 0.05) is 24.6 Å². The molecule has 21 heavy (non-hydrogen) atoms. The predicted molar refractivity (Wildman–Crippen MR) is 78.9 cm³/mol. The molecule has 0 saturated heterocycles. The van der Waals surface area contributed by atoms with Crippen LogP contribution in [0.2, 0.25) is 0 Å². The molecule has 0 saturated carbocycles. The zero-order valence-electron chi connectivity index (χ0n) is 12.1. The van der Waals surface area contributed by atoms with Crippen LogP contribution < -0.4 is 10.1 Å². The number of hydrogen-bond donors (Lipinski definition) is 2. The minimum atomic E-state index is 0.0311. The third-order valence-electron chi connectivity index (χ3n) is 3.96. The summed E-state index contributed by atoms with van der Waals surface area (Å²) in [5.41, 5.74) is 3.25. The molecule has 1 aliphatic rings. The summed E-state index contributed by atoms with van der Waals surface area (Å²) in [5, 5.41) is 3.01. The number of benzene rings is 1. The van der Waals surface area contributed by atoms with Gasteiger partial charge in [0.05, 0.1) is 19.1 Å². The van der Waals surface area contributed by atoms with Crippen molar-refractivity contribution in [1.82, 2.24) is 15.3 Å². The molecule has 5 heteroatoms. The number of nitrogens with one attached hydrogen (secondary N) is 2. The fourth-order valence-corrected chi connectivity index (χ4v) is 2.74.